The van der Waals surface area contributed by atoms with Crippen molar-refractivity contribution in [1.82, 2.24) is 4.90 Å². The fourth-order valence-electron chi connectivity index (χ4n) is 5.51. The van der Waals surface area contributed by atoms with Gasteiger partial charge in [0.2, 0.25) is 5.91 Å². The Bertz CT molecular complexity index is 1380. The number of hydrogen-bond donors (Lipinski definition) is 2. The molecule has 1 saturated heterocycles. The molecular formula is C30H29FN2O4. The molecule has 1 atom stereocenters. The van der Waals surface area contributed by atoms with E-state index in [4.69, 9.17) is 9.47 Å². The molecule has 190 valence electrons. The number of phenols is 1. The van der Waals surface area contributed by atoms with Gasteiger partial charge in [-0.05, 0) is 65.6 Å². The van der Waals surface area contributed by atoms with Gasteiger partial charge in [-0.15, -0.1) is 0 Å². The zero-order chi connectivity index (χ0) is 25.5. The summed E-state index contributed by atoms with van der Waals surface area (Å²) < 4.78 is 25.1. The van der Waals surface area contributed by atoms with Crippen LogP contribution in [-0.4, -0.2) is 48.8 Å². The third kappa shape index (κ3) is 4.44. The topological polar surface area (TPSA) is 71.0 Å². The number of amides is 1. The van der Waals surface area contributed by atoms with Gasteiger partial charge in [0.25, 0.3) is 0 Å². The van der Waals surface area contributed by atoms with E-state index in [1.165, 1.54) is 0 Å². The number of carbonyl (C=O) groups excluding carboxylic acids is 1. The van der Waals surface area contributed by atoms with E-state index in [0.29, 0.717) is 18.8 Å². The second kappa shape index (κ2) is 9.56. The molecule has 6 nitrogen and oxygen atoms in total. The number of nitrogens with one attached hydrogen (secondary N) is 1. The molecule has 37 heavy (non-hydrogen) atoms. The standard InChI is InChI=1S/C30H29FN2O4/c1-18-24-13-21(34)7-10-27(24)37-30(29(18)23-3-2-4-26-25(23)14-28(35)32-26)20-5-8-22(9-6-20)36-12-11-33-16-19(15-31)17-33/h2-10,13,19,30,34H,11-12,14-17H2,1H3,(H,32,35). The maximum absolute atomic E-state index is 12.6. The van der Waals surface area contributed by atoms with Gasteiger partial charge in [0, 0.05) is 42.4 Å². The minimum atomic E-state index is -0.396. The van der Waals surface area contributed by atoms with Gasteiger partial charge in [0.15, 0.2) is 0 Å². The number of aromatic hydroxyl groups is 1. The zero-order valence-electron chi connectivity index (χ0n) is 20.7. The maximum Gasteiger partial charge on any atom is 0.228 e. The van der Waals surface area contributed by atoms with Crippen molar-refractivity contribution >= 4 is 22.7 Å². The molecule has 2 N–H and O–H groups in total. The third-order valence-electron chi connectivity index (χ3n) is 7.47. The van der Waals surface area contributed by atoms with Crippen molar-refractivity contribution in [2.75, 3.05) is 38.2 Å². The van der Waals surface area contributed by atoms with Crippen LogP contribution in [0.3, 0.4) is 0 Å². The number of likely N-dealkylation sites (tertiary alicyclic amines) is 1. The van der Waals surface area contributed by atoms with Gasteiger partial charge in [-0.3, -0.25) is 14.1 Å². The first-order valence-corrected chi connectivity index (χ1v) is 12.6. The molecule has 0 radical (unpaired) electrons. The van der Waals surface area contributed by atoms with Gasteiger partial charge in [0.05, 0.1) is 13.1 Å². The van der Waals surface area contributed by atoms with Crippen LogP contribution < -0.4 is 14.8 Å². The number of hydrogen-bond acceptors (Lipinski definition) is 5. The monoisotopic (exact) mass is 500 g/mol. The summed E-state index contributed by atoms with van der Waals surface area (Å²) in [5.41, 5.74) is 6.52. The number of alkyl halides is 1. The lowest BCUT2D eigenvalue weighted by atomic mass is 9.83. The highest BCUT2D eigenvalue weighted by Crippen LogP contribution is 2.49. The van der Waals surface area contributed by atoms with E-state index >= 15 is 0 Å². The van der Waals surface area contributed by atoms with Crippen LogP contribution in [0, 0.1) is 5.92 Å². The van der Waals surface area contributed by atoms with Crippen molar-refractivity contribution < 1.29 is 23.8 Å². The van der Waals surface area contributed by atoms with E-state index in [0.717, 1.165) is 64.5 Å². The summed E-state index contributed by atoms with van der Waals surface area (Å²) in [7, 11) is 0. The molecule has 1 fully saturated rings. The molecule has 3 aliphatic rings. The van der Waals surface area contributed by atoms with Gasteiger partial charge in [0.1, 0.15) is 30.0 Å². The molecule has 1 amide bonds. The highest BCUT2D eigenvalue weighted by Gasteiger charge is 2.33. The molecule has 0 saturated carbocycles. The van der Waals surface area contributed by atoms with Crippen LogP contribution in [0.15, 0.2) is 60.7 Å². The van der Waals surface area contributed by atoms with Gasteiger partial charge < -0.3 is 19.9 Å². The molecule has 1 unspecified atom stereocenters. The fraction of sp³-hybridized carbons (Fsp3) is 0.300. The third-order valence-corrected chi connectivity index (χ3v) is 7.47. The van der Waals surface area contributed by atoms with Crippen LogP contribution >= 0.6 is 0 Å². The minimum Gasteiger partial charge on any atom is -0.508 e. The SMILES string of the molecule is CC1=C(c2cccc3c2CC(=O)N3)C(c2ccc(OCCN3CC(CF)C3)cc2)Oc2ccc(O)cc21. The number of allylic oxidation sites excluding steroid dienone is 1. The number of nitrogens with zero attached hydrogens (tertiary/aromatic N) is 1. The van der Waals surface area contributed by atoms with Crippen molar-refractivity contribution in [2.24, 2.45) is 5.92 Å². The lowest BCUT2D eigenvalue weighted by Gasteiger charge is -2.37. The van der Waals surface area contributed by atoms with Crippen LogP contribution in [0.2, 0.25) is 0 Å². The summed E-state index contributed by atoms with van der Waals surface area (Å²) in [5, 5.41) is 13.1. The number of carbonyl (C=O) groups is 1. The Labute approximate surface area is 215 Å². The molecule has 3 aromatic carbocycles. The van der Waals surface area contributed by atoms with Gasteiger partial charge in [-0.1, -0.05) is 24.3 Å². The van der Waals surface area contributed by atoms with Crippen molar-refractivity contribution in [3.05, 3.63) is 82.9 Å². The molecule has 3 aromatic rings. The Balaban J connectivity index is 1.30. The Morgan fingerprint density at radius 2 is 1.92 bits per heavy atom. The van der Waals surface area contributed by atoms with E-state index in [1.54, 1.807) is 18.2 Å². The van der Waals surface area contributed by atoms with Gasteiger partial charge in [-0.25, -0.2) is 0 Å². The number of rotatable bonds is 7. The highest BCUT2D eigenvalue weighted by atomic mass is 19.1. The molecule has 7 heteroatoms. The fourth-order valence-corrected chi connectivity index (χ4v) is 5.51. The van der Waals surface area contributed by atoms with Gasteiger partial charge in [-0.2, -0.15) is 0 Å². The number of benzene rings is 3. The predicted octanol–water partition coefficient (Wildman–Crippen LogP) is 5.23. The molecule has 0 bridgehead atoms. The molecule has 0 spiro atoms. The highest BCUT2D eigenvalue weighted by molar-refractivity contribution is 6.04. The number of fused-ring (bicyclic) bond motifs is 2. The van der Waals surface area contributed by atoms with Gasteiger partial charge >= 0.3 is 0 Å². The van der Waals surface area contributed by atoms with E-state index in [-0.39, 0.29) is 24.2 Å². The van der Waals surface area contributed by atoms with Crippen molar-refractivity contribution in [1.29, 1.82) is 0 Å². The second-order valence-corrected chi connectivity index (χ2v) is 9.97. The Hall–Kier alpha value is -3.84. The summed E-state index contributed by atoms with van der Waals surface area (Å²) in [6.07, 6.45) is -0.0790. The second-order valence-electron chi connectivity index (χ2n) is 9.97. The maximum atomic E-state index is 12.6. The van der Waals surface area contributed by atoms with Crippen LogP contribution in [0.25, 0.3) is 11.1 Å². The van der Waals surface area contributed by atoms with Crippen LogP contribution in [0.1, 0.15) is 35.3 Å². The number of anilines is 1. The molecule has 3 heterocycles. The lowest BCUT2D eigenvalue weighted by Crippen LogP contribution is -2.49. The molecule has 0 aliphatic carbocycles. The Morgan fingerprint density at radius 1 is 1.11 bits per heavy atom. The average molecular weight is 501 g/mol. The van der Waals surface area contributed by atoms with Crippen LogP contribution in [-0.2, 0) is 11.2 Å². The first kappa shape index (κ1) is 23.6. The Kier molecular flexibility index (Phi) is 6.08. The Morgan fingerprint density at radius 3 is 2.70 bits per heavy atom. The number of phenolic OH excluding ortho intramolecular Hbond substituents is 1. The van der Waals surface area contributed by atoms with E-state index < -0.39 is 6.10 Å². The van der Waals surface area contributed by atoms with E-state index in [1.807, 2.05) is 49.4 Å². The molecular weight excluding hydrogens is 471 g/mol. The molecule has 6 rings (SSSR count). The van der Waals surface area contributed by atoms with Crippen molar-refractivity contribution in [2.45, 2.75) is 19.4 Å². The number of halogens is 1. The summed E-state index contributed by atoms with van der Waals surface area (Å²) in [6, 6.07) is 18.9. The van der Waals surface area contributed by atoms with Crippen molar-refractivity contribution in [3.8, 4) is 17.2 Å². The van der Waals surface area contributed by atoms with Crippen molar-refractivity contribution in [3.63, 3.8) is 0 Å². The predicted molar refractivity (Wildman–Crippen MR) is 141 cm³/mol. The first-order chi connectivity index (χ1) is 18.0. The smallest absolute Gasteiger partial charge is 0.228 e. The van der Waals surface area contributed by atoms with E-state index in [2.05, 4.69) is 10.2 Å². The number of ether oxygens (including phenoxy) is 2. The summed E-state index contributed by atoms with van der Waals surface area (Å²) in [5.74, 6) is 1.80. The average Bonchev–Trinajstić information content (AvgIpc) is 3.26. The summed E-state index contributed by atoms with van der Waals surface area (Å²) >= 11 is 0. The largest absolute Gasteiger partial charge is 0.508 e. The molecule has 0 aromatic heterocycles. The first-order valence-electron chi connectivity index (χ1n) is 12.6. The lowest BCUT2D eigenvalue weighted by molar-refractivity contribution is -0.115. The quantitative estimate of drug-likeness (QED) is 0.465. The molecule has 3 aliphatic heterocycles. The summed E-state index contributed by atoms with van der Waals surface area (Å²) in [4.78, 5) is 14.4. The normalized spacial score (nSPS) is 19.1. The van der Waals surface area contributed by atoms with E-state index in [9.17, 15) is 14.3 Å². The minimum absolute atomic E-state index is 0.0213. The van der Waals surface area contributed by atoms with Crippen LogP contribution in [0.5, 0.6) is 17.2 Å². The summed E-state index contributed by atoms with van der Waals surface area (Å²) in [6.45, 7) is 4.73. The zero-order valence-corrected chi connectivity index (χ0v) is 20.7. The van der Waals surface area contributed by atoms with Crippen LogP contribution in [0.4, 0.5) is 10.1 Å².